The van der Waals surface area contributed by atoms with E-state index in [1.807, 2.05) is 7.05 Å². The summed E-state index contributed by atoms with van der Waals surface area (Å²) in [4.78, 5) is 0. The van der Waals surface area contributed by atoms with Gasteiger partial charge in [0.25, 0.3) is 0 Å². The molecule has 1 nitrogen and oxygen atoms in total. The van der Waals surface area contributed by atoms with Gasteiger partial charge < -0.3 is 5.32 Å². The molecule has 1 aromatic rings. The normalized spacial score (nSPS) is 12.7. The number of aryl methyl sites for hydroxylation is 3. The van der Waals surface area contributed by atoms with Crippen molar-refractivity contribution in [1.82, 2.24) is 5.32 Å². The molecule has 0 aliphatic rings. The summed E-state index contributed by atoms with van der Waals surface area (Å²) < 4.78 is 0. The molecule has 0 heterocycles. The smallest absolute Gasteiger partial charge is 0.00494 e. The van der Waals surface area contributed by atoms with Gasteiger partial charge in [-0.05, 0) is 80.3 Å². The van der Waals surface area contributed by atoms with Gasteiger partial charge in [-0.1, -0.05) is 39.8 Å². The average Bonchev–Trinajstić information content (AvgIpc) is 2.49. The molecule has 0 aliphatic heterocycles. The molecule has 20 heavy (non-hydrogen) atoms. The molecular formula is C19H33N. The minimum absolute atomic E-state index is 0.808. The topological polar surface area (TPSA) is 12.0 Å². The van der Waals surface area contributed by atoms with Gasteiger partial charge in [0.15, 0.2) is 0 Å². The Bertz CT molecular complexity index is 370. The first-order valence-corrected chi connectivity index (χ1v) is 8.44. The van der Waals surface area contributed by atoms with Crippen LogP contribution in [0.2, 0.25) is 0 Å². The monoisotopic (exact) mass is 275 g/mol. The van der Waals surface area contributed by atoms with Crippen molar-refractivity contribution in [3.63, 3.8) is 0 Å². The van der Waals surface area contributed by atoms with Crippen molar-refractivity contribution in [1.29, 1.82) is 0 Å². The minimum Gasteiger partial charge on any atom is -0.320 e. The molecule has 0 saturated carbocycles. The highest BCUT2D eigenvalue weighted by molar-refractivity contribution is 5.39. The fraction of sp³-hybridized carbons (Fsp3) is 0.684. The third-order valence-corrected chi connectivity index (χ3v) is 4.44. The first kappa shape index (κ1) is 17.2. The zero-order valence-electron chi connectivity index (χ0n) is 14.2. The Hall–Kier alpha value is -0.820. The highest BCUT2D eigenvalue weighted by atomic mass is 14.8. The lowest BCUT2D eigenvalue weighted by Gasteiger charge is -2.18. The summed E-state index contributed by atoms with van der Waals surface area (Å²) in [6.45, 7) is 10.4. The molecule has 0 bridgehead atoms. The second-order valence-electron chi connectivity index (χ2n) is 5.99. The summed E-state index contributed by atoms with van der Waals surface area (Å²) in [6.07, 6.45) is 7.34. The molecule has 1 N–H and O–H groups in total. The van der Waals surface area contributed by atoms with Crippen molar-refractivity contribution in [2.45, 2.75) is 66.2 Å². The molecule has 1 unspecified atom stereocenters. The number of rotatable bonds is 9. The van der Waals surface area contributed by atoms with Crippen LogP contribution in [0, 0.1) is 5.92 Å². The van der Waals surface area contributed by atoms with Crippen molar-refractivity contribution in [3.05, 3.63) is 34.4 Å². The molecule has 1 heteroatoms. The summed E-state index contributed by atoms with van der Waals surface area (Å²) in [5.41, 5.74) is 6.32. The lowest BCUT2D eigenvalue weighted by Crippen LogP contribution is -2.12. The third kappa shape index (κ3) is 4.94. The van der Waals surface area contributed by atoms with Crippen LogP contribution in [0.25, 0.3) is 0 Å². The molecular weight excluding hydrogens is 242 g/mol. The van der Waals surface area contributed by atoms with E-state index >= 15 is 0 Å². The number of hydrogen-bond acceptors (Lipinski definition) is 1. The average molecular weight is 275 g/mol. The van der Waals surface area contributed by atoms with Gasteiger partial charge in [-0.25, -0.2) is 0 Å². The van der Waals surface area contributed by atoms with Gasteiger partial charge in [-0.15, -0.1) is 0 Å². The first-order valence-electron chi connectivity index (χ1n) is 8.44. The molecule has 0 aliphatic carbocycles. The number of hydrogen-bond donors (Lipinski definition) is 1. The van der Waals surface area contributed by atoms with Gasteiger partial charge in [0.05, 0.1) is 0 Å². The summed E-state index contributed by atoms with van der Waals surface area (Å²) in [5, 5.41) is 3.26. The Morgan fingerprint density at radius 1 is 0.950 bits per heavy atom. The minimum atomic E-state index is 0.808. The van der Waals surface area contributed by atoms with Crippen LogP contribution in [0.4, 0.5) is 0 Å². The Kier molecular flexibility index (Phi) is 7.91. The molecule has 0 saturated heterocycles. The molecule has 114 valence electrons. The predicted molar refractivity (Wildman–Crippen MR) is 90.6 cm³/mol. The largest absolute Gasteiger partial charge is 0.320 e. The lowest BCUT2D eigenvalue weighted by molar-refractivity contribution is 0.480. The van der Waals surface area contributed by atoms with Crippen molar-refractivity contribution in [2.24, 2.45) is 5.92 Å². The molecule has 0 fully saturated rings. The molecule has 1 atom stereocenters. The standard InChI is InChI=1S/C19H33N/c1-6-16-13-17(7-2)19(18(8-3)14-16)10-9-15(4)11-12-20-5/h13-15,20H,6-12H2,1-5H3. The third-order valence-electron chi connectivity index (χ3n) is 4.44. The van der Waals surface area contributed by atoms with E-state index in [0.717, 1.165) is 18.9 Å². The maximum atomic E-state index is 3.26. The zero-order valence-corrected chi connectivity index (χ0v) is 14.2. The van der Waals surface area contributed by atoms with Crippen LogP contribution in [0.15, 0.2) is 12.1 Å². The van der Waals surface area contributed by atoms with Crippen LogP contribution in [-0.4, -0.2) is 13.6 Å². The van der Waals surface area contributed by atoms with Gasteiger partial charge in [0.1, 0.15) is 0 Å². The van der Waals surface area contributed by atoms with Crippen LogP contribution in [-0.2, 0) is 25.7 Å². The SMILES string of the molecule is CCc1cc(CC)c(CCC(C)CCNC)c(CC)c1. The van der Waals surface area contributed by atoms with Gasteiger partial charge >= 0.3 is 0 Å². The Balaban J connectivity index is 2.81. The zero-order chi connectivity index (χ0) is 15.0. The lowest BCUT2D eigenvalue weighted by atomic mass is 9.88. The van der Waals surface area contributed by atoms with Crippen LogP contribution < -0.4 is 5.32 Å². The van der Waals surface area contributed by atoms with Crippen molar-refractivity contribution >= 4 is 0 Å². The Labute approximate surface area is 126 Å². The molecule has 1 rings (SSSR count). The fourth-order valence-electron chi connectivity index (χ4n) is 2.95. The number of benzene rings is 1. The molecule has 1 aromatic carbocycles. The van der Waals surface area contributed by atoms with E-state index < -0.39 is 0 Å². The van der Waals surface area contributed by atoms with E-state index in [9.17, 15) is 0 Å². The van der Waals surface area contributed by atoms with Gasteiger partial charge in [-0.2, -0.15) is 0 Å². The van der Waals surface area contributed by atoms with E-state index in [2.05, 4.69) is 45.1 Å². The number of nitrogens with one attached hydrogen (secondary N) is 1. The predicted octanol–water partition coefficient (Wildman–Crippen LogP) is 4.55. The van der Waals surface area contributed by atoms with Crippen LogP contribution in [0.5, 0.6) is 0 Å². The summed E-state index contributed by atoms with van der Waals surface area (Å²) >= 11 is 0. The van der Waals surface area contributed by atoms with Crippen LogP contribution in [0.3, 0.4) is 0 Å². The molecule has 0 spiro atoms. The van der Waals surface area contributed by atoms with Gasteiger partial charge in [-0.3, -0.25) is 0 Å². The van der Waals surface area contributed by atoms with E-state index in [1.54, 1.807) is 16.7 Å². The highest BCUT2D eigenvalue weighted by Crippen LogP contribution is 2.23. The van der Waals surface area contributed by atoms with Crippen molar-refractivity contribution in [2.75, 3.05) is 13.6 Å². The second kappa shape index (κ2) is 9.18. The Morgan fingerprint density at radius 2 is 1.55 bits per heavy atom. The van der Waals surface area contributed by atoms with Gasteiger partial charge in [0.2, 0.25) is 0 Å². The van der Waals surface area contributed by atoms with E-state index in [0.29, 0.717) is 0 Å². The van der Waals surface area contributed by atoms with E-state index in [-0.39, 0.29) is 0 Å². The van der Waals surface area contributed by atoms with Crippen LogP contribution >= 0.6 is 0 Å². The van der Waals surface area contributed by atoms with Crippen molar-refractivity contribution in [3.8, 4) is 0 Å². The Morgan fingerprint density at radius 3 is 2.00 bits per heavy atom. The summed E-state index contributed by atoms with van der Waals surface area (Å²) in [6, 6.07) is 4.87. The summed E-state index contributed by atoms with van der Waals surface area (Å²) in [5.74, 6) is 0.808. The highest BCUT2D eigenvalue weighted by Gasteiger charge is 2.10. The second-order valence-corrected chi connectivity index (χ2v) is 5.99. The molecule has 0 aromatic heterocycles. The van der Waals surface area contributed by atoms with Gasteiger partial charge in [0, 0.05) is 0 Å². The fourth-order valence-corrected chi connectivity index (χ4v) is 2.95. The first-order chi connectivity index (χ1) is 9.65. The molecule has 0 radical (unpaired) electrons. The van der Waals surface area contributed by atoms with Crippen LogP contribution in [0.1, 0.15) is 62.8 Å². The maximum absolute atomic E-state index is 3.26. The summed E-state index contributed by atoms with van der Waals surface area (Å²) in [7, 11) is 2.04. The quantitative estimate of drug-likeness (QED) is 0.697. The van der Waals surface area contributed by atoms with Crippen molar-refractivity contribution < 1.29 is 0 Å². The molecule has 0 amide bonds. The van der Waals surface area contributed by atoms with E-state index in [1.165, 1.54) is 37.7 Å². The van der Waals surface area contributed by atoms with E-state index in [4.69, 9.17) is 0 Å². The maximum Gasteiger partial charge on any atom is -0.00494 e.